The number of carbonyl (C=O) groups is 2. The van der Waals surface area contributed by atoms with Crippen molar-refractivity contribution in [3.05, 3.63) is 0 Å². The smallest absolute Gasteiger partial charge is 0.407 e. The number of hydrogen-bond donors (Lipinski definition) is 1. The lowest BCUT2D eigenvalue weighted by molar-refractivity contribution is -0.147. The van der Waals surface area contributed by atoms with Gasteiger partial charge in [0.1, 0.15) is 6.04 Å². The van der Waals surface area contributed by atoms with Gasteiger partial charge in [0.2, 0.25) is 11.8 Å². The standard InChI is InChI=1S/C21H34F2N2O3S/c1-13(2)21(14(3)4)12-29-17-6-5-16(18(26)25(17)21)24-19(27)28-11-15-7-9-20(22,23)10-8-15/h13-17H,5-12H2,1-4H3,(H,24,27). The van der Waals surface area contributed by atoms with Gasteiger partial charge in [0.05, 0.1) is 17.5 Å². The minimum atomic E-state index is -2.59. The number of alkyl carbamates (subject to hydrolysis) is 1. The Kier molecular flexibility index (Phi) is 6.71. The molecule has 0 aromatic rings. The first-order valence-electron chi connectivity index (χ1n) is 10.8. The maximum Gasteiger partial charge on any atom is 0.407 e. The summed E-state index contributed by atoms with van der Waals surface area (Å²) in [5.41, 5.74) is -0.204. The molecule has 166 valence electrons. The number of fused-ring (bicyclic) bond motifs is 1. The second-order valence-electron chi connectivity index (χ2n) is 9.45. The van der Waals surface area contributed by atoms with Gasteiger partial charge in [0, 0.05) is 18.6 Å². The van der Waals surface area contributed by atoms with Crippen LogP contribution in [0, 0.1) is 17.8 Å². The van der Waals surface area contributed by atoms with E-state index >= 15 is 0 Å². The van der Waals surface area contributed by atoms with Crippen molar-refractivity contribution in [1.82, 2.24) is 10.2 Å². The van der Waals surface area contributed by atoms with Gasteiger partial charge in [-0.1, -0.05) is 27.7 Å². The minimum absolute atomic E-state index is 0.0251. The number of ether oxygens (including phenoxy) is 1. The molecule has 2 aliphatic heterocycles. The molecule has 3 rings (SSSR count). The lowest BCUT2D eigenvalue weighted by atomic mass is 9.75. The molecule has 2 atom stereocenters. The molecule has 2 unspecified atom stereocenters. The van der Waals surface area contributed by atoms with Gasteiger partial charge in [-0.2, -0.15) is 0 Å². The number of carbonyl (C=O) groups excluding carboxylic acids is 2. The van der Waals surface area contributed by atoms with Gasteiger partial charge in [0.15, 0.2) is 0 Å². The molecule has 0 spiro atoms. The van der Waals surface area contributed by atoms with E-state index in [2.05, 4.69) is 33.0 Å². The van der Waals surface area contributed by atoms with Crippen LogP contribution in [-0.4, -0.2) is 52.1 Å². The number of alkyl halides is 2. The molecule has 3 fully saturated rings. The van der Waals surface area contributed by atoms with Crippen LogP contribution in [0.3, 0.4) is 0 Å². The van der Waals surface area contributed by atoms with Gasteiger partial charge in [0.25, 0.3) is 0 Å². The van der Waals surface area contributed by atoms with Gasteiger partial charge in [-0.25, -0.2) is 13.6 Å². The average Bonchev–Trinajstić information content (AvgIpc) is 3.05. The molecule has 5 nitrogen and oxygen atoms in total. The van der Waals surface area contributed by atoms with Crippen molar-refractivity contribution in [3.8, 4) is 0 Å². The SMILES string of the molecule is CC(C)C1(C(C)C)CSC2CCC(NC(=O)OCC3CCC(F)(F)CC3)C(=O)N21. The van der Waals surface area contributed by atoms with Crippen molar-refractivity contribution in [2.75, 3.05) is 12.4 Å². The number of nitrogens with one attached hydrogen (secondary N) is 1. The molecule has 0 bridgehead atoms. The van der Waals surface area contributed by atoms with Crippen molar-refractivity contribution in [2.24, 2.45) is 17.8 Å². The Balaban J connectivity index is 1.56. The quantitative estimate of drug-likeness (QED) is 0.687. The molecule has 0 radical (unpaired) electrons. The molecule has 1 aliphatic carbocycles. The van der Waals surface area contributed by atoms with Crippen molar-refractivity contribution < 1.29 is 23.1 Å². The van der Waals surface area contributed by atoms with Crippen molar-refractivity contribution in [3.63, 3.8) is 0 Å². The summed E-state index contributed by atoms with van der Waals surface area (Å²) in [7, 11) is 0. The van der Waals surface area contributed by atoms with Crippen LogP contribution in [0.15, 0.2) is 0 Å². The van der Waals surface area contributed by atoms with E-state index in [1.54, 1.807) is 0 Å². The number of halogens is 2. The Hall–Kier alpha value is -1.05. The second kappa shape index (κ2) is 8.60. The monoisotopic (exact) mass is 432 g/mol. The summed E-state index contributed by atoms with van der Waals surface area (Å²) in [4.78, 5) is 27.6. The predicted molar refractivity (Wildman–Crippen MR) is 110 cm³/mol. The van der Waals surface area contributed by atoms with E-state index in [9.17, 15) is 18.4 Å². The number of nitrogens with zero attached hydrogens (tertiary/aromatic N) is 1. The molecule has 2 heterocycles. The topological polar surface area (TPSA) is 58.6 Å². The summed E-state index contributed by atoms with van der Waals surface area (Å²) in [6, 6.07) is -0.579. The second-order valence-corrected chi connectivity index (χ2v) is 10.6. The fourth-order valence-electron chi connectivity index (χ4n) is 5.14. The average molecular weight is 433 g/mol. The minimum Gasteiger partial charge on any atom is -0.449 e. The number of amides is 2. The maximum absolute atomic E-state index is 13.3. The Morgan fingerprint density at radius 2 is 1.79 bits per heavy atom. The Bertz CT molecular complexity index is 611. The first-order chi connectivity index (χ1) is 13.6. The summed E-state index contributed by atoms with van der Waals surface area (Å²) >= 11 is 1.84. The van der Waals surface area contributed by atoms with Crippen molar-refractivity contribution in [2.45, 2.75) is 89.1 Å². The first kappa shape index (κ1) is 22.6. The normalized spacial score (nSPS) is 29.2. The van der Waals surface area contributed by atoms with E-state index in [0.29, 0.717) is 31.1 Å². The summed E-state index contributed by atoms with van der Waals surface area (Å²) < 4.78 is 31.8. The summed E-state index contributed by atoms with van der Waals surface area (Å²) in [5.74, 6) is -1.09. The lowest BCUT2D eigenvalue weighted by Crippen LogP contribution is -2.64. The van der Waals surface area contributed by atoms with E-state index in [-0.39, 0.29) is 42.2 Å². The van der Waals surface area contributed by atoms with Crippen molar-refractivity contribution >= 4 is 23.8 Å². The maximum atomic E-state index is 13.3. The molecular formula is C21H34F2N2O3S. The van der Waals surface area contributed by atoms with E-state index in [1.165, 1.54) is 0 Å². The third kappa shape index (κ3) is 4.52. The molecule has 0 aromatic heterocycles. The lowest BCUT2D eigenvalue weighted by Gasteiger charge is -2.49. The Labute approximate surface area is 176 Å². The molecule has 1 saturated carbocycles. The fraction of sp³-hybridized carbons (Fsp3) is 0.905. The highest BCUT2D eigenvalue weighted by Crippen LogP contribution is 2.49. The summed E-state index contributed by atoms with van der Waals surface area (Å²) in [6.45, 7) is 8.78. The zero-order valence-electron chi connectivity index (χ0n) is 17.9. The molecule has 29 heavy (non-hydrogen) atoms. The van der Waals surface area contributed by atoms with Crippen LogP contribution in [0.2, 0.25) is 0 Å². The molecule has 8 heteroatoms. The van der Waals surface area contributed by atoms with Gasteiger partial charge in [-0.05, 0) is 43.4 Å². The fourth-order valence-corrected chi connectivity index (χ4v) is 7.15. The highest BCUT2D eigenvalue weighted by atomic mass is 32.2. The highest BCUT2D eigenvalue weighted by Gasteiger charge is 2.55. The van der Waals surface area contributed by atoms with Crippen LogP contribution in [0.1, 0.15) is 66.2 Å². The number of rotatable bonds is 5. The largest absolute Gasteiger partial charge is 0.449 e. The highest BCUT2D eigenvalue weighted by molar-refractivity contribution is 8.00. The molecule has 2 saturated heterocycles. The van der Waals surface area contributed by atoms with Crippen LogP contribution in [-0.2, 0) is 9.53 Å². The third-order valence-corrected chi connectivity index (χ3v) is 8.52. The first-order valence-corrected chi connectivity index (χ1v) is 11.9. The zero-order chi connectivity index (χ0) is 21.4. The van der Waals surface area contributed by atoms with Crippen molar-refractivity contribution in [1.29, 1.82) is 0 Å². The number of thioether (sulfide) groups is 1. The Morgan fingerprint density at radius 3 is 2.38 bits per heavy atom. The summed E-state index contributed by atoms with van der Waals surface area (Å²) in [5, 5.41) is 2.91. The molecule has 2 amide bonds. The zero-order valence-corrected chi connectivity index (χ0v) is 18.7. The summed E-state index contributed by atoms with van der Waals surface area (Å²) in [6.07, 6.45) is 1.26. The van der Waals surface area contributed by atoms with E-state index < -0.39 is 18.1 Å². The predicted octanol–water partition coefficient (Wildman–Crippen LogP) is 4.65. The van der Waals surface area contributed by atoms with E-state index in [0.717, 1.165) is 12.2 Å². The molecule has 1 N–H and O–H groups in total. The number of hydrogen-bond acceptors (Lipinski definition) is 4. The van der Waals surface area contributed by atoms with Crippen LogP contribution >= 0.6 is 11.8 Å². The van der Waals surface area contributed by atoms with Gasteiger partial charge in [-0.3, -0.25) is 4.79 Å². The van der Waals surface area contributed by atoms with Crippen LogP contribution < -0.4 is 5.32 Å². The van der Waals surface area contributed by atoms with E-state index in [4.69, 9.17) is 4.74 Å². The van der Waals surface area contributed by atoms with Crippen LogP contribution in [0.25, 0.3) is 0 Å². The molecular weight excluding hydrogens is 398 g/mol. The number of piperidine rings is 1. The van der Waals surface area contributed by atoms with Crippen LogP contribution in [0.5, 0.6) is 0 Å². The van der Waals surface area contributed by atoms with Gasteiger partial charge in [-0.15, -0.1) is 11.8 Å². The van der Waals surface area contributed by atoms with Gasteiger partial charge < -0.3 is 15.0 Å². The molecule has 3 aliphatic rings. The molecule has 0 aromatic carbocycles. The Morgan fingerprint density at radius 1 is 1.17 bits per heavy atom. The van der Waals surface area contributed by atoms with Gasteiger partial charge >= 0.3 is 6.09 Å². The van der Waals surface area contributed by atoms with Crippen LogP contribution in [0.4, 0.5) is 13.6 Å². The van der Waals surface area contributed by atoms with E-state index in [1.807, 2.05) is 16.7 Å². The third-order valence-electron chi connectivity index (χ3n) is 7.06.